The zero-order valence-corrected chi connectivity index (χ0v) is 6.04. The van der Waals surface area contributed by atoms with E-state index in [2.05, 4.69) is 6.92 Å². The molecule has 3 rings (SSSR count). The number of rotatable bonds is 0. The molecule has 0 aromatic carbocycles. The summed E-state index contributed by atoms with van der Waals surface area (Å²) in [5.41, 5.74) is 0. The van der Waals surface area contributed by atoms with Crippen molar-refractivity contribution in [3.05, 3.63) is 6.10 Å². The van der Waals surface area contributed by atoms with Gasteiger partial charge in [0, 0.05) is 5.92 Å². The minimum atomic E-state index is 0.397. The normalized spacial score (nSPS) is 58.5. The van der Waals surface area contributed by atoms with Crippen molar-refractivity contribution in [3.8, 4) is 0 Å². The SMILES string of the molecule is CC1CC2O[C]2C2OCC12. The zero-order valence-electron chi connectivity index (χ0n) is 6.04. The van der Waals surface area contributed by atoms with Gasteiger partial charge in [-0.25, -0.2) is 0 Å². The van der Waals surface area contributed by atoms with Crippen LogP contribution in [0.25, 0.3) is 0 Å². The van der Waals surface area contributed by atoms with Crippen LogP contribution in [0.5, 0.6) is 0 Å². The molecule has 3 aliphatic rings. The number of hydrogen-bond donors (Lipinski definition) is 0. The van der Waals surface area contributed by atoms with Gasteiger partial charge in [-0.3, -0.25) is 0 Å². The van der Waals surface area contributed by atoms with Crippen LogP contribution in [-0.2, 0) is 9.47 Å². The first-order valence-electron chi connectivity index (χ1n) is 4.01. The third-order valence-electron chi connectivity index (χ3n) is 2.99. The Kier molecular flexibility index (Phi) is 0.868. The Morgan fingerprint density at radius 1 is 1.50 bits per heavy atom. The quantitative estimate of drug-likeness (QED) is 0.466. The molecule has 2 heteroatoms. The van der Waals surface area contributed by atoms with E-state index in [9.17, 15) is 0 Å². The molecular weight excluding hydrogens is 128 g/mol. The third-order valence-corrected chi connectivity index (χ3v) is 2.99. The molecule has 2 nitrogen and oxygen atoms in total. The van der Waals surface area contributed by atoms with Crippen LogP contribution in [-0.4, -0.2) is 18.8 Å². The van der Waals surface area contributed by atoms with Crippen molar-refractivity contribution in [2.45, 2.75) is 25.6 Å². The van der Waals surface area contributed by atoms with Gasteiger partial charge in [0.15, 0.2) is 6.10 Å². The van der Waals surface area contributed by atoms with Crippen LogP contribution >= 0.6 is 0 Å². The standard InChI is InChI=1S/C8H11O2/c1-4-2-6-8(10-6)7-5(4)3-9-7/h4-7H,2-3H2,1H3. The summed E-state index contributed by atoms with van der Waals surface area (Å²) in [6.45, 7) is 3.27. The smallest absolute Gasteiger partial charge is 0.155 e. The van der Waals surface area contributed by atoms with Crippen LogP contribution in [0.2, 0.25) is 0 Å². The Bertz CT molecular complexity index is 165. The largest absolute Gasteiger partial charge is 0.374 e. The topological polar surface area (TPSA) is 21.8 Å². The van der Waals surface area contributed by atoms with Crippen LogP contribution in [0.15, 0.2) is 0 Å². The summed E-state index contributed by atoms with van der Waals surface area (Å²) in [6, 6.07) is 0. The maximum absolute atomic E-state index is 5.40. The van der Waals surface area contributed by atoms with Crippen LogP contribution in [0, 0.1) is 17.9 Å². The molecule has 3 fully saturated rings. The number of epoxide rings is 1. The van der Waals surface area contributed by atoms with E-state index >= 15 is 0 Å². The Hall–Kier alpha value is -0.0800. The van der Waals surface area contributed by atoms with Crippen molar-refractivity contribution in [2.24, 2.45) is 11.8 Å². The fourth-order valence-corrected chi connectivity index (χ4v) is 2.12. The average molecular weight is 139 g/mol. The fraction of sp³-hybridized carbons (Fsp3) is 0.875. The lowest BCUT2D eigenvalue weighted by atomic mass is 9.76. The molecule has 55 valence electrons. The van der Waals surface area contributed by atoms with Crippen molar-refractivity contribution in [1.82, 2.24) is 0 Å². The monoisotopic (exact) mass is 139 g/mol. The van der Waals surface area contributed by atoms with E-state index < -0.39 is 0 Å². The Labute approximate surface area is 60.5 Å². The fourth-order valence-electron chi connectivity index (χ4n) is 2.12. The molecule has 0 aromatic heterocycles. The molecule has 0 spiro atoms. The predicted octanol–water partition coefficient (Wildman–Crippen LogP) is 0.972. The van der Waals surface area contributed by atoms with E-state index in [-0.39, 0.29) is 0 Å². The number of hydrogen-bond acceptors (Lipinski definition) is 2. The van der Waals surface area contributed by atoms with Gasteiger partial charge >= 0.3 is 0 Å². The van der Waals surface area contributed by atoms with Crippen molar-refractivity contribution >= 4 is 0 Å². The molecule has 2 aliphatic heterocycles. The summed E-state index contributed by atoms with van der Waals surface area (Å²) in [5, 5.41) is 0. The molecule has 0 amide bonds. The van der Waals surface area contributed by atoms with Gasteiger partial charge < -0.3 is 9.47 Å². The van der Waals surface area contributed by atoms with E-state index in [1.165, 1.54) is 12.5 Å². The average Bonchev–Trinajstić information content (AvgIpc) is 2.41. The van der Waals surface area contributed by atoms with Gasteiger partial charge in [0.2, 0.25) is 0 Å². The van der Waals surface area contributed by atoms with E-state index in [0.29, 0.717) is 12.2 Å². The minimum absolute atomic E-state index is 0.397. The van der Waals surface area contributed by atoms with Gasteiger partial charge in [-0.05, 0) is 12.3 Å². The van der Waals surface area contributed by atoms with Crippen molar-refractivity contribution < 1.29 is 9.47 Å². The molecule has 0 N–H and O–H groups in total. The Morgan fingerprint density at radius 3 is 3.10 bits per heavy atom. The molecule has 2 heterocycles. The number of fused-ring (bicyclic) bond motifs is 3. The van der Waals surface area contributed by atoms with Crippen LogP contribution in [0.4, 0.5) is 0 Å². The van der Waals surface area contributed by atoms with Gasteiger partial charge in [-0.2, -0.15) is 0 Å². The third kappa shape index (κ3) is 0.523. The minimum Gasteiger partial charge on any atom is -0.374 e. The first-order valence-corrected chi connectivity index (χ1v) is 4.01. The Morgan fingerprint density at radius 2 is 2.40 bits per heavy atom. The first-order chi connectivity index (χ1) is 4.86. The number of ether oxygens (including phenoxy) is 2. The highest BCUT2D eigenvalue weighted by molar-refractivity contribution is 5.18. The summed E-state index contributed by atoms with van der Waals surface area (Å²) in [7, 11) is 0. The lowest BCUT2D eigenvalue weighted by Crippen LogP contribution is -2.47. The molecule has 1 saturated carbocycles. The first kappa shape index (κ1) is 5.56. The van der Waals surface area contributed by atoms with Crippen LogP contribution in [0.3, 0.4) is 0 Å². The summed E-state index contributed by atoms with van der Waals surface area (Å²) >= 11 is 0. The molecule has 4 unspecified atom stereocenters. The lowest BCUT2D eigenvalue weighted by molar-refractivity contribution is -0.131. The molecule has 2 saturated heterocycles. The highest BCUT2D eigenvalue weighted by Gasteiger charge is 2.59. The van der Waals surface area contributed by atoms with Crippen molar-refractivity contribution in [1.29, 1.82) is 0 Å². The summed E-state index contributed by atoms with van der Waals surface area (Å²) in [5.74, 6) is 1.60. The van der Waals surface area contributed by atoms with Gasteiger partial charge in [-0.1, -0.05) is 6.92 Å². The summed E-state index contributed by atoms with van der Waals surface area (Å²) < 4.78 is 10.8. The summed E-state index contributed by atoms with van der Waals surface area (Å²) in [4.78, 5) is 0. The maximum atomic E-state index is 5.40. The second-order valence-electron chi connectivity index (χ2n) is 3.64. The molecule has 0 aromatic rings. The second kappa shape index (κ2) is 1.56. The van der Waals surface area contributed by atoms with E-state index in [1.807, 2.05) is 0 Å². The highest BCUT2D eigenvalue weighted by Crippen LogP contribution is 2.53. The molecule has 1 radical (unpaired) electrons. The zero-order chi connectivity index (χ0) is 6.72. The van der Waals surface area contributed by atoms with Crippen LogP contribution < -0.4 is 0 Å². The molecule has 10 heavy (non-hydrogen) atoms. The second-order valence-corrected chi connectivity index (χ2v) is 3.64. The van der Waals surface area contributed by atoms with E-state index in [0.717, 1.165) is 18.4 Å². The summed E-state index contributed by atoms with van der Waals surface area (Å²) in [6.07, 6.45) is 3.36. The van der Waals surface area contributed by atoms with Gasteiger partial charge in [0.1, 0.15) is 0 Å². The van der Waals surface area contributed by atoms with Gasteiger partial charge in [-0.15, -0.1) is 0 Å². The lowest BCUT2D eigenvalue weighted by Gasteiger charge is -2.41. The van der Waals surface area contributed by atoms with Gasteiger partial charge in [0.25, 0.3) is 0 Å². The van der Waals surface area contributed by atoms with Gasteiger partial charge in [0.05, 0.1) is 18.8 Å². The molecule has 1 aliphatic carbocycles. The Balaban J connectivity index is 1.83. The predicted molar refractivity (Wildman–Crippen MR) is 35.1 cm³/mol. The van der Waals surface area contributed by atoms with E-state index in [1.54, 1.807) is 0 Å². The molecular formula is C8H11O2. The molecule has 0 bridgehead atoms. The van der Waals surface area contributed by atoms with Crippen molar-refractivity contribution in [3.63, 3.8) is 0 Å². The molecule has 4 atom stereocenters. The van der Waals surface area contributed by atoms with Crippen LogP contribution in [0.1, 0.15) is 13.3 Å². The highest BCUT2D eigenvalue weighted by atomic mass is 16.6. The van der Waals surface area contributed by atoms with Crippen molar-refractivity contribution in [2.75, 3.05) is 6.61 Å². The maximum Gasteiger partial charge on any atom is 0.155 e. The van der Waals surface area contributed by atoms with E-state index in [4.69, 9.17) is 9.47 Å².